The minimum absolute atomic E-state index is 0.0994. The maximum Gasteiger partial charge on any atom is 0.411 e. The first-order chi connectivity index (χ1) is 9.11. The van der Waals surface area contributed by atoms with E-state index in [1.807, 2.05) is 0 Å². The monoisotopic (exact) mass is 262 g/mol. The molecule has 1 amide bonds. The molecule has 0 aliphatic rings. The van der Waals surface area contributed by atoms with Gasteiger partial charge in [-0.2, -0.15) is 0 Å². The molecule has 2 N–H and O–H groups in total. The predicted octanol–water partition coefficient (Wildman–Crippen LogP) is 1.26. The van der Waals surface area contributed by atoms with E-state index in [0.29, 0.717) is 18.8 Å². The molecule has 0 saturated carbocycles. The summed E-state index contributed by atoms with van der Waals surface area (Å²) in [6.07, 6.45) is -0.517. The van der Waals surface area contributed by atoms with Gasteiger partial charge in [0.15, 0.2) is 0 Å². The van der Waals surface area contributed by atoms with Gasteiger partial charge in [0.05, 0.1) is 0 Å². The maximum absolute atomic E-state index is 11.3. The van der Waals surface area contributed by atoms with Crippen molar-refractivity contribution in [1.29, 1.82) is 0 Å². The first kappa shape index (κ1) is 15.0. The molecule has 0 bridgehead atoms. The highest BCUT2D eigenvalue weighted by atomic mass is 16.5. The second-order valence-electron chi connectivity index (χ2n) is 3.67. The molecule has 0 aromatic heterocycles. The van der Waals surface area contributed by atoms with Crippen molar-refractivity contribution in [1.82, 2.24) is 5.32 Å². The Balaban J connectivity index is 2.39. The Morgan fingerprint density at radius 1 is 1.21 bits per heavy atom. The molecule has 0 aliphatic heterocycles. The number of rotatable bonds is 6. The quantitative estimate of drug-likeness (QED) is 0.596. The van der Waals surface area contributed by atoms with Crippen LogP contribution in [-0.2, 0) is 16.1 Å². The highest BCUT2D eigenvalue weighted by Gasteiger charge is 2.03. The summed E-state index contributed by atoms with van der Waals surface area (Å²) in [5.41, 5.74) is 1.37. The highest BCUT2D eigenvalue weighted by molar-refractivity contribution is 6.55. The zero-order chi connectivity index (χ0) is 14.1. The first-order valence-electron chi connectivity index (χ1n) is 5.71. The number of hydrogen-bond acceptors (Lipinski definition) is 5. The molecule has 0 heterocycles. The van der Waals surface area contributed by atoms with Crippen LogP contribution in [0, 0.1) is 0 Å². The summed E-state index contributed by atoms with van der Waals surface area (Å²) < 4.78 is 9.53. The average Bonchev–Trinajstić information content (AvgIpc) is 2.38. The van der Waals surface area contributed by atoms with E-state index >= 15 is 0 Å². The van der Waals surface area contributed by atoms with Crippen LogP contribution in [0.1, 0.15) is 5.56 Å². The zero-order valence-corrected chi connectivity index (χ0v) is 10.6. The summed E-state index contributed by atoms with van der Waals surface area (Å²) in [7, 11) is 6.63. The number of carbonyl (C=O) groups excluding carboxylic acids is 2. The van der Waals surface area contributed by atoms with Gasteiger partial charge in [-0.3, -0.25) is 10.1 Å². The smallest absolute Gasteiger partial charge is 0.411 e. The van der Waals surface area contributed by atoms with E-state index in [-0.39, 0.29) is 6.61 Å². The molecule has 6 nitrogen and oxygen atoms in total. The topological polar surface area (TPSA) is 76.7 Å². The Kier molecular flexibility index (Phi) is 6.45. The molecule has 1 aromatic rings. The van der Waals surface area contributed by atoms with Crippen molar-refractivity contribution in [2.24, 2.45) is 0 Å². The van der Waals surface area contributed by atoms with Crippen LogP contribution < -0.4 is 10.6 Å². The molecule has 2 radical (unpaired) electrons. The summed E-state index contributed by atoms with van der Waals surface area (Å²) >= 11 is 0. The van der Waals surface area contributed by atoms with Crippen LogP contribution in [0.3, 0.4) is 0 Å². The van der Waals surface area contributed by atoms with Crippen LogP contribution in [0.5, 0.6) is 0 Å². The van der Waals surface area contributed by atoms with Gasteiger partial charge >= 0.3 is 6.09 Å². The molecule has 0 unspecified atom stereocenters. The fraction of sp³-hybridized carbons (Fsp3) is 0.333. The van der Waals surface area contributed by atoms with E-state index in [2.05, 4.69) is 15.4 Å². The molecule has 0 spiro atoms. The fourth-order valence-electron chi connectivity index (χ4n) is 1.24. The van der Waals surface area contributed by atoms with Crippen molar-refractivity contribution in [2.75, 3.05) is 25.5 Å². The standard InChI is InChI=1S/C12H15BN2O4/c1-14-6-7-18-12(17)15-10-4-2-9(3-5-10)8-19-11(13)16/h2-5,14H,6-8H2,1H3,(H,15,17). The normalized spacial score (nSPS) is 9.74. The van der Waals surface area contributed by atoms with Gasteiger partial charge in [-0.15, -0.1) is 0 Å². The van der Waals surface area contributed by atoms with Crippen molar-refractivity contribution in [3.63, 3.8) is 0 Å². The number of carbonyl (C=O) groups is 2. The largest absolute Gasteiger partial charge is 0.470 e. The van der Waals surface area contributed by atoms with E-state index in [9.17, 15) is 9.59 Å². The third-order valence-electron chi connectivity index (χ3n) is 2.17. The first-order valence-corrected chi connectivity index (χ1v) is 5.71. The van der Waals surface area contributed by atoms with Crippen LogP contribution in [-0.4, -0.2) is 40.0 Å². The molecule has 0 fully saturated rings. The van der Waals surface area contributed by atoms with E-state index in [4.69, 9.17) is 12.6 Å². The lowest BCUT2D eigenvalue weighted by atomic mass is 10.2. The van der Waals surface area contributed by atoms with Crippen molar-refractivity contribution in [3.8, 4) is 0 Å². The summed E-state index contributed by atoms with van der Waals surface area (Å²) in [5.74, 6) is -0.824. The van der Waals surface area contributed by atoms with Gasteiger partial charge in [-0.25, -0.2) is 4.79 Å². The van der Waals surface area contributed by atoms with Crippen LogP contribution in [0.2, 0.25) is 0 Å². The van der Waals surface area contributed by atoms with Crippen molar-refractivity contribution < 1.29 is 19.1 Å². The lowest BCUT2D eigenvalue weighted by molar-refractivity contribution is 0.163. The van der Waals surface area contributed by atoms with Crippen molar-refractivity contribution in [2.45, 2.75) is 6.61 Å². The van der Waals surface area contributed by atoms with Gasteiger partial charge in [-0.05, 0) is 24.7 Å². The minimum Gasteiger partial charge on any atom is -0.470 e. The van der Waals surface area contributed by atoms with Crippen molar-refractivity contribution >= 4 is 25.5 Å². The molecule has 100 valence electrons. The maximum atomic E-state index is 11.3. The third-order valence-corrected chi connectivity index (χ3v) is 2.17. The number of benzene rings is 1. The van der Waals surface area contributed by atoms with Crippen LogP contribution in [0.4, 0.5) is 15.3 Å². The summed E-state index contributed by atoms with van der Waals surface area (Å²) in [5, 5.41) is 5.43. The molecular weight excluding hydrogens is 247 g/mol. The lowest BCUT2D eigenvalue weighted by Gasteiger charge is -2.07. The van der Waals surface area contributed by atoms with Gasteiger partial charge in [0, 0.05) is 12.2 Å². The highest BCUT2D eigenvalue weighted by Crippen LogP contribution is 2.10. The Morgan fingerprint density at radius 2 is 1.89 bits per heavy atom. The van der Waals surface area contributed by atoms with Crippen LogP contribution in [0.15, 0.2) is 24.3 Å². The number of hydrogen-bond donors (Lipinski definition) is 2. The molecule has 7 heteroatoms. The van der Waals surface area contributed by atoms with E-state index in [1.165, 1.54) is 0 Å². The minimum atomic E-state index is -0.824. The fourth-order valence-corrected chi connectivity index (χ4v) is 1.24. The van der Waals surface area contributed by atoms with Gasteiger partial charge in [-0.1, -0.05) is 12.1 Å². The van der Waals surface area contributed by atoms with E-state index < -0.39 is 12.0 Å². The molecule has 1 rings (SSSR count). The Bertz CT molecular complexity index is 422. The molecular formula is C12H15BN2O4. The molecule has 0 atom stereocenters. The van der Waals surface area contributed by atoms with Gasteiger partial charge < -0.3 is 14.8 Å². The SMILES string of the molecule is [B]C(=O)OCc1ccc(NC(=O)OCCNC)cc1. The zero-order valence-electron chi connectivity index (χ0n) is 10.6. The third kappa shape index (κ3) is 6.47. The van der Waals surface area contributed by atoms with Crippen LogP contribution >= 0.6 is 0 Å². The van der Waals surface area contributed by atoms with Gasteiger partial charge in [0.2, 0.25) is 13.7 Å². The number of likely N-dealkylation sites (N-methyl/N-ethyl adjacent to an activating group) is 1. The second kappa shape index (κ2) is 8.15. The molecule has 1 aromatic carbocycles. The lowest BCUT2D eigenvalue weighted by Crippen LogP contribution is -2.20. The number of ether oxygens (including phenoxy) is 2. The Labute approximate surface area is 112 Å². The number of amides is 1. The Hall–Kier alpha value is -2.02. The van der Waals surface area contributed by atoms with Gasteiger partial charge in [0.25, 0.3) is 0 Å². The summed E-state index contributed by atoms with van der Waals surface area (Å²) in [6.45, 7) is 0.992. The van der Waals surface area contributed by atoms with E-state index in [1.54, 1.807) is 31.3 Å². The second-order valence-corrected chi connectivity index (χ2v) is 3.67. The molecule has 0 aliphatic carbocycles. The summed E-state index contributed by atoms with van der Waals surface area (Å²) in [4.78, 5) is 21.8. The van der Waals surface area contributed by atoms with Crippen LogP contribution in [0.25, 0.3) is 0 Å². The van der Waals surface area contributed by atoms with Crippen molar-refractivity contribution in [3.05, 3.63) is 29.8 Å². The van der Waals surface area contributed by atoms with E-state index in [0.717, 1.165) is 5.56 Å². The predicted molar refractivity (Wildman–Crippen MR) is 71.3 cm³/mol. The molecule has 19 heavy (non-hydrogen) atoms. The summed E-state index contributed by atoms with van der Waals surface area (Å²) in [6, 6.07) is 6.79. The molecule has 0 saturated heterocycles. The number of nitrogens with one attached hydrogen (secondary N) is 2. The number of anilines is 1. The average molecular weight is 262 g/mol. The van der Waals surface area contributed by atoms with Gasteiger partial charge in [0.1, 0.15) is 13.2 Å². The Morgan fingerprint density at radius 3 is 2.47 bits per heavy atom.